The van der Waals surface area contributed by atoms with Crippen LogP contribution in [0.1, 0.15) is 16.8 Å². The summed E-state index contributed by atoms with van der Waals surface area (Å²) in [5, 5.41) is 16.3. The monoisotopic (exact) mass is 293 g/mol. The summed E-state index contributed by atoms with van der Waals surface area (Å²) in [5.74, 6) is 0. The number of hydrogen-bond acceptors (Lipinski definition) is 4. The highest BCUT2D eigenvalue weighted by Gasteiger charge is 2.17. The second-order valence-electron chi connectivity index (χ2n) is 4.31. The molecule has 6 heteroatoms. The maximum atomic E-state index is 10.2. The number of rotatable bonds is 3. The minimum absolute atomic E-state index is 0.436. The molecule has 3 aromatic rings. The number of fused-ring (bicyclic) bond motifs is 1. The van der Waals surface area contributed by atoms with Crippen molar-refractivity contribution in [2.45, 2.75) is 12.5 Å². The molecule has 2 aromatic heterocycles. The third-order valence-electron chi connectivity index (χ3n) is 3.00. The molecule has 1 aromatic carbocycles. The van der Waals surface area contributed by atoms with E-state index >= 15 is 0 Å². The zero-order chi connectivity index (χ0) is 13.4. The highest BCUT2D eigenvalue weighted by molar-refractivity contribution is 7.15. The topological polar surface area (TPSA) is 50.9 Å². The van der Waals surface area contributed by atoms with Crippen molar-refractivity contribution < 1.29 is 5.11 Å². The molecule has 0 aliphatic rings. The van der Waals surface area contributed by atoms with E-state index in [0.29, 0.717) is 15.8 Å². The molecule has 0 spiro atoms. The number of halogens is 1. The number of nitrogens with zero attached hydrogens (tertiary/aromatic N) is 3. The molecule has 4 nitrogen and oxygen atoms in total. The number of aliphatic hydroxyl groups excluding tert-OH is 1. The van der Waals surface area contributed by atoms with Gasteiger partial charge in [0.15, 0.2) is 0 Å². The predicted molar refractivity (Wildman–Crippen MR) is 76.5 cm³/mol. The van der Waals surface area contributed by atoms with E-state index in [9.17, 15) is 5.11 Å². The summed E-state index contributed by atoms with van der Waals surface area (Å²) < 4.78 is 2.41. The van der Waals surface area contributed by atoms with Crippen molar-refractivity contribution in [3.63, 3.8) is 0 Å². The van der Waals surface area contributed by atoms with Crippen LogP contribution in [0.3, 0.4) is 0 Å². The van der Waals surface area contributed by atoms with E-state index in [-0.39, 0.29) is 0 Å². The Morgan fingerprint density at radius 2 is 2.21 bits per heavy atom. The van der Waals surface area contributed by atoms with Crippen molar-refractivity contribution in [2.24, 2.45) is 7.05 Å². The normalized spacial score (nSPS) is 13.0. The van der Waals surface area contributed by atoms with Crippen LogP contribution in [0.25, 0.3) is 10.9 Å². The second kappa shape index (κ2) is 4.92. The lowest BCUT2D eigenvalue weighted by Gasteiger charge is -2.04. The van der Waals surface area contributed by atoms with Crippen molar-refractivity contribution in [2.75, 3.05) is 0 Å². The lowest BCUT2D eigenvalue weighted by atomic mass is 10.1. The first-order valence-electron chi connectivity index (χ1n) is 5.85. The Bertz CT molecular complexity index is 722. The smallest absolute Gasteiger partial charge is 0.123 e. The van der Waals surface area contributed by atoms with Crippen molar-refractivity contribution >= 4 is 33.8 Å². The number of para-hydroxylation sites is 1. The molecule has 0 fully saturated rings. The van der Waals surface area contributed by atoms with Gasteiger partial charge >= 0.3 is 0 Å². The fourth-order valence-electron chi connectivity index (χ4n) is 2.13. The summed E-state index contributed by atoms with van der Waals surface area (Å²) in [7, 11) is 1.90. The number of thiazole rings is 1. The SMILES string of the molecule is Cn1nc(CC(O)c2ncc(Cl)s2)c2ccccc21. The van der Waals surface area contributed by atoms with Gasteiger partial charge in [-0.05, 0) is 6.07 Å². The van der Waals surface area contributed by atoms with Gasteiger partial charge in [-0.15, -0.1) is 11.3 Å². The molecule has 0 radical (unpaired) electrons. The van der Waals surface area contributed by atoms with Crippen LogP contribution in [0.5, 0.6) is 0 Å². The van der Waals surface area contributed by atoms with Gasteiger partial charge in [-0.3, -0.25) is 4.68 Å². The highest BCUT2D eigenvalue weighted by Crippen LogP contribution is 2.28. The van der Waals surface area contributed by atoms with Gasteiger partial charge in [0.05, 0.1) is 17.4 Å². The lowest BCUT2D eigenvalue weighted by molar-refractivity contribution is 0.177. The zero-order valence-electron chi connectivity index (χ0n) is 10.2. The van der Waals surface area contributed by atoms with Gasteiger partial charge in [0, 0.05) is 18.9 Å². The van der Waals surface area contributed by atoms with Crippen LogP contribution in [0.15, 0.2) is 30.5 Å². The number of aliphatic hydroxyl groups is 1. The van der Waals surface area contributed by atoms with Gasteiger partial charge in [-0.2, -0.15) is 5.10 Å². The fraction of sp³-hybridized carbons (Fsp3) is 0.231. The number of aryl methyl sites for hydroxylation is 1. The molecule has 1 atom stereocenters. The summed E-state index contributed by atoms with van der Waals surface area (Å²) in [6, 6.07) is 7.97. The van der Waals surface area contributed by atoms with Gasteiger partial charge < -0.3 is 5.11 Å². The summed E-state index contributed by atoms with van der Waals surface area (Å²) in [6.07, 6.45) is 1.32. The molecule has 2 heterocycles. The fourth-order valence-corrected chi connectivity index (χ4v) is 3.05. The summed E-state index contributed by atoms with van der Waals surface area (Å²) in [4.78, 5) is 4.10. The molecule has 0 aliphatic carbocycles. The first-order chi connectivity index (χ1) is 9.15. The largest absolute Gasteiger partial charge is 0.386 e. The average molecular weight is 294 g/mol. The third-order valence-corrected chi connectivity index (χ3v) is 4.22. The molecule has 0 saturated heterocycles. The van der Waals surface area contributed by atoms with E-state index in [4.69, 9.17) is 11.6 Å². The van der Waals surface area contributed by atoms with Crippen LogP contribution in [0, 0.1) is 0 Å². The molecule has 19 heavy (non-hydrogen) atoms. The molecular weight excluding hydrogens is 282 g/mol. The van der Waals surface area contributed by atoms with Gasteiger partial charge in [-0.1, -0.05) is 29.8 Å². The lowest BCUT2D eigenvalue weighted by Crippen LogP contribution is -2.02. The minimum Gasteiger partial charge on any atom is -0.386 e. The summed E-state index contributed by atoms with van der Waals surface area (Å²) >= 11 is 7.13. The van der Waals surface area contributed by atoms with E-state index in [1.54, 1.807) is 6.20 Å². The molecule has 0 aliphatic heterocycles. The Kier molecular flexibility index (Phi) is 3.26. The Morgan fingerprint density at radius 1 is 1.42 bits per heavy atom. The Hall–Kier alpha value is -1.43. The Labute approximate surface area is 119 Å². The van der Waals surface area contributed by atoms with E-state index in [1.807, 2.05) is 36.0 Å². The Morgan fingerprint density at radius 3 is 2.95 bits per heavy atom. The van der Waals surface area contributed by atoms with Crippen LogP contribution in [-0.4, -0.2) is 19.9 Å². The van der Waals surface area contributed by atoms with Crippen molar-refractivity contribution in [1.29, 1.82) is 0 Å². The van der Waals surface area contributed by atoms with Gasteiger partial charge in [0.2, 0.25) is 0 Å². The van der Waals surface area contributed by atoms with Crippen molar-refractivity contribution in [3.05, 3.63) is 45.5 Å². The maximum Gasteiger partial charge on any atom is 0.123 e. The van der Waals surface area contributed by atoms with Gasteiger partial charge in [0.25, 0.3) is 0 Å². The van der Waals surface area contributed by atoms with E-state index in [2.05, 4.69) is 10.1 Å². The number of hydrogen-bond donors (Lipinski definition) is 1. The highest BCUT2D eigenvalue weighted by atomic mass is 35.5. The third kappa shape index (κ3) is 2.36. The molecule has 1 unspecified atom stereocenters. The minimum atomic E-state index is -0.671. The Balaban J connectivity index is 1.93. The second-order valence-corrected chi connectivity index (χ2v) is 6.00. The van der Waals surface area contributed by atoms with Crippen LogP contribution in [0.2, 0.25) is 4.34 Å². The van der Waals surface area contributed by atoms with Crippen LogP contribution in [0.4, 0.5) is 0 Å². The van der Waals surface area contributed by atoms with E-state index in [0.717, 1.165) is 16.6 Å². The molecular formula is C13H12ClN3OS. The standard InChI is InChI=1S/C13H12ClN3OS/c1-17-10-5-3-2-4-8(10)9(16-17)6-11(18)13-15-7-12(14)19-13/h2-5,7,11,18H,6H2,1H3. The molecule has 1 N–H and O–H groups in total. The summed E-state index contributed by atoms with van der Waals surface area (Å²) in [5.41, 5.74) is 1.93. The number of aromatic nitrogens is 3. The van der Waals surface area contributed by atoms with Gasteiger partial charge in [-0.25, -0.2) is 4.98 Å². The van der Waals surface area contributed by atoms with Crippen LogP contribution in [-0.2, 0) is 13.5 Å². The first kappa shape index (κ1) is 12.6. The molecule has 98 valence electrons. The van der Waals surface area contributed by atoms with Crippen molar-refractivity contribution in [3.8, 4) is 0 Å². The van der Waals surface area contributed by atoms with Crippen molar-refractivity contribution in [1.82, 2.24) is 14.8 Å². The van der Waals surface area contributed by atoms with E-state index < -0.39 is 6.10 Å². The molecule has 0 saturated carbocycles. The number of benzene rings is 1. The van der Waals surface area contributed by atoms with E-state index in [1.165, 1.54) is 11.3 Å². The van der Waals surface area contributed by atoms with Gasteiger partial charge in [0.1, 0.15) is 15.4 Å². The molecule has 3 rings (SSSR count). The average Bonchev–Trinajstić information content (AvgIpc) is 2.96. The molecule has 0 bridgehead atoms. The van der Waals surface area contributed by atoms with Crippen LogP contribution >= 0.6 is 22.9 Å². The first-order valence-corrected chi connectivity index (χ1v) is 7.04. The van der Waals surface area contributed by atoms with Crippen LogP contribution < -0.4 is 0 Å². The predicted octanol–water partition coefficient (Wildman–Crippen LogP) is 2.96. The maximum absolute atomic E-state index is 10.2. The summed E-state index contributed by atoms with van der Waals surface area (Å²) in [6.45, 7) is 0. The molecule has 0 amide bonds. The zero-order valence-corrected chi connectivity index (χ0v) is 11.8. The quantitative estimate of drug-likeness (QED) is 0.808.